The summed E-state index contributed by atoms with van der Waals surface area (Å²) >= 11 is 0. The summed E-state index contributed by atoms with van der Waals surface area (Å²) in [6, 6.07) is 28.0. The molecule has 0 fully saturated rings. The predicted octanol–water partition coefficient (Wildman–Crippen LogP) is 6.89. The molecule has 0 aliphatic carbocycles. The number of benzene rings is 4. The molecule has 0 spiro atoms. The summed E-state index contributed by atoms with van der Waals surface area (Å²) in [5.74, 6) is 0. The Morgan fingerprint density at radius 3 is 2.31 bits per heavy atom. The van der Waals surface area contributed by atoms with Crippen LogP contribution in [0.4, 0.5) is 0 Å². The Balaban J connectivity index is 1.81. The van der Waals surface area contributed by atoms with Crippen molar-refractivity contribution in [1.82, 2.24) is 0 Å². The molecule has 1 heteroatoms. The third-order valence-corrected chi connectivity index (χ3v) is 5.29. The maximum Gasteiger partial charge on any atom is 0.139 e. The van der Waals surface area contributed by atoms with Crippen LogP contribution in [0.2, 0.25) is 0 Å². The quantitative estimate of drug-likeness (QED) is 0.349. The van der Waals surface area contributed by atoms with Crippen molar-refractivity contribution in [2.75, 3.05) is 0 Å². The minimum atomic E-state index is 0.888. The van der Waals surface area contributed by atoms with E-state index in [1.54, 1.807) is 0 Å². The molecule has 1 aromatic heterocycles. The summed E-state index contributed by atoms with van der Waals surface area (Å²) < 4.78 is 6.49. The summed E-state index contributed by atoms with van der Waals surface area (Å²) in [5.41, 5.74) is 5.93. The molecule has 0 aliphatic heterocycles. The first-order valence-electron chi connectivity index (χ1n) is 9.24. The Morgan fingerprint density at radius 2 is 1.46 bits per heavy atom. The van der Waals surface area contributed by atoms with Crippen molar-refractivity contribution in [1.29, 1.82) is 0 Å². The monoisotopic (exact) mass is 336 g/mol. The highest BCUT2D eigenvalue weighted by Gasteiger charge is 2.15. The van der Waals surface area contributed by atoms with Crippen LogP contribution in [-0.4, -0.2) is 0 Å². The summed E-state index contributed by atoms with van der Waals surface area (Å²) in [6.07, 6.45) is 1.85. The first-order chi connectivity index (χ1) is 12.8. The fourth-order valence-electron chi connectivity index (χ4n) is 4.05. The Labute approximate surface area is 152 Å². The van der Waals surface area contributed by atoms with Gasteiger partial charge in [-0.15, -0.1) is 0 Å². The van der Waals surface area contributed by atoms with Gasteiger partial charge < -0.3 is 4.42 Å². The second-order valence-corrected chi connectivity index (χ2v) is 6.86. The van der Waals surface area contributed by atoms with Crippen LogP contribution in [0.25, 0.3) is 32.7 Å². The van der Waals surface area contributed by atoms with Crippen LogP contribution in [0.5, 0.6) is 0 Å². The molecule has 0 radical (unpaired) electrons. The Morgan fingerprint density at radius 1 is 0.692 bits per heavy atom. The van der Waals surface area contributed by atoms with Gasteiger partial charge in [0.1, 0.15) is 11.2 Å². The van der Waals surface area contributed by atoms with Gasteiger partial charge in [-0.1, -0.05) is 79.7 Å². The van der Waals surface area contributed by atoms with E-state index < -0.39 is 0 Å². The van der Waals surface area contributed by atoms with Crippen LogP contribution < -0.4 is 0 Å². The summed E-state index contributed by atoms with van der Waals surface area (Å²) in [6.45, 7) is 2.21. The van der Waals surface area contributed by atoms with Crippen molar-refractivity contribution in [3.05, 3.63) is 95.6 Å². The fraction of sp³-hybridized carbons (Fsp3) is 0.120. The van der Waals surface area contributed by atoms with Crippen LogP contribution in [0, 0.1) is 0 Å². The van der Waals surface area contributed by atoms with Gasteiger partial charge in [0.05, 0.1) is 0 Å². The molecule has 126 valence electrons. The standard InChI is InChI=1S/C25H20O/c1-2-20-21-13-7-6-11-18(21)16-23-22-14-8-12-19(24(22)26-25(20)23)15-17-9-4-3-5-10-17/h3-14,16H,2,15H2,1H3. The van der Waals surface area contributed by atoms with Crippen molar-refractivity contribution in [3.8, 4) is 0 Å². The van der Waals surface area contributed by atoms with Gasteiger partial charge in [0.25, 0.3) is 0 Å². The number of hydrogen-bond donors (Lipinski definition) is 0. The second kappa shape index (κ2) is 6.03. The molecule has 0 atom stereocenters. The molecule has 0 unspecified atom stereocenters. The molecule has 5 rings (SSSR count). The Kier molecular flexibility index (Phi) is 3.53. The zero-order valence-electron chi connectivity index (χ0n) is 14.8. The fourth-order valence-corrected chi connectivity index (χ4v) is 4.05. The van der Waals surface area contributed by atoms with Crippen LogP contribution in [0.15, 0.2) is 83.3 Å². The predicted molar refractivity (Wildman–Crippen MR) is 110 cm³/mol. The lowest BCUT2D eigenvalue weighted by molar-refractivity contribution is 0.659. The van der Waals surface area contributed by atoms with Gasteiger partial charge >= 0.3 is 0 Å². The highest BCUT2D eigenvalue weighted by Crippen LogP contribution is 2.37. The molecule has 1 heterocycles. The first-order valence-corrected chi connectivity index (χ1v) is 9.24. The van der Waals surface area contributed by atoms with E-state index in [0.29, 0.717) is 0 Å². The first kappa shape index (κ1) is 15.2. The van der Waals surface area contributed by atoms with Crippen molar-refractivity contribution in [3.63, 3.8) is 0 Å². The van der Waals surface area contributed by atoms with Gasteiger partial charge in [-0.05, 0) is 34.4 Å². The molecular formula is C25H20O. The van der Waals surface area contributed by atoms with E-state index in [0.717, 1.165) is 24.0 Å². The van der Waals surface area contributed by atoms with Gasteiger partial charge in [0.2, 0.25) is 0 Å². The van der Waals surface area contributed by atoms with Crippen molar-refractivity contribution in [2.45, 2.75) is 19.8 Å². The topological polar surface area (TPSA) is 13.1 Å². The van der Waals surface area contributed by atoms with Crippen LogP contribution in [0.3, 0.4) is 0 Å². The number of furan rings is 1. The molecule has 5 aromatic rings. The van der Waals surface area contributed by atoms with Crippen molar-refractivity contribution < 1.29 is 4.42 Å². The zero-order valence-corrected chi connectivity index (χ0v) is 14.8. The number of aryl methyl sites for hydroxylation is 1. The van der Waals surface area contributed by atoms with E-state index >= 15 is 0 Å². The molecule has 0 bridgehead atoms. The van der Waals surface area contributed by atoms with Gasteiger partial charge in [0.15, 0.2) is 0 Å². The number of rotatable bonds is 3. The molecule has 1 nitrogen and oxygen atoms in total. The normalized spacial score (nSPS) is 11.6. The van der Waals surface area contributed by atoms with Gasteiger partial charge in [-0.25, -0.2) is 0 Å². The molecule has 0 amide bonds. The van der Waals surface area contributed by atoms with Crippen molar-refractivity contribution >= 4 is 32.7 Å². The van der Waals surface area contributed by atoms with Crippen LogP contribution in [-0.2, 0) is 12.8 Å². The minimum Gasteiger partial charge on any atom is -0.455 e. The van der Waals surface area contributed by atoms with E-state index in [1.807, 2.05) is 0 Å². The molecule has 26 heavy (non-hydrogen) atoms. The van der Waals surface area contributed by atoms with Gasteiger partial charge in [-0.3, -0.25) is 0 Å². The van der Waals surface area contributed by atoms with Gasteiger partial charge in [-0.2, -0.15) is 0 Å². The van der Waals surface area contributed by atoms with Crippen molar-refractivity contribution in [2.24, 2.45) is 0 Å². The van der Waals surface area contributed by atoms with E-state index in [1.165, 1.54) is 38.2 Å². The number of fused-ring (bicyclic) bond motifs is 4. The average molecular weight is 336 g/mol. The number of para-hydroxylation sites is 1. The molecule has 4 aromatic carbocycles. The molecule has 0 aliphatic rings. The Hall–Kier alpha value is -3.06. The largest absolute Gasteiger partial charge is 0.455 e. The SMILES string of the molecule is CCc1c2ccccc2cc2c1oc1c(Cc3ccccc3)cccc12. The van der Waals surface area contributed by atoms with Crippen LogP contribution >= 0.6 is 0 Å². The van der Waals surface area contributed by atoms with Gasteiger partial charge in [0, 0.05) is 22.8 Å². The second-order valence-electron chi connectivity index (χ2n) is 6.86. The summed E-state index contributed by atoms with van der Waals surface area (Å²) in [4.78, 5) is 0. The highest BCUT2D eigenvalue weighted by molar-refractivity contribution is 6.12. The average Bonchev–Trinajstić information content (AvgIpc) is 3.06. The van der Waals surface area contributed by atoms with E-state index in [2.05, 4.69) is 85.8 Å². The lowest BCUT2D eigenvalue weighted by Gasteiger charge is -2.05. The molecule has 0 N–H and O–H groups in total. The highest BCUT2D eigenvalue weighted by atomic mass is 16.3. The molecule has 0 saturated carbocycles. The van der Waals surface area contributed by atoms with E-state index in [9.17, 15) is 0 Å². The lowest BCUT2D eigenvalue weighted by Crippen LogP contribution is -1.87. The lowest BCUT2D eigenvalue weighted by atomic mass is 9.98. The minimum absolute atomic E-state index is 0.888. The molecular weight excluding hydrogens is 316 g/mol. The third kappa shape index (κ3) is 2.32. The number of hydrogen-bond acceptors (Lipinski definition) is 1. The maximum atomic E-state index is 6.49. The summed E-state index contributed by atoms with van der Waals surface area (Å²) in [5, 5.41) is 5.03. The van der Waals surface area contributed by atoms with E-state index in [4.69, 9.17) is 4.42 Å². The smallest absolute Gasteiger partial charge is 0.139 e. The third-order valence-electron chi connectivity index (χ3n) is 5.29. The Bertz CT molecular complexity index is 1230. The van der Waals surface area contributed by atoms with E-state index in [-0.39, 0.29) is 0 Å². The zero-order chi connectivity index (χ0) is 17.5. The summed E-state index contributed by atoms with van der Waals surface area (Å²) in [7, 11) is 0. The maximum absolute atomic E-state index is 6.49. The molecule has 0 saturated heterocycles. The van der Waals surface area contributed by atoms with Crippen LogP contribution in [0.1, 0.15) is 23.6 Å².